The zero-order valence-corrected chi connectivity index (χ0v) is 14.5. The molecule has 0 unspecified atom stereocenters. The summed E-state index contributed by atoms with van der Waals surface area (Å²) in [5.41, 5.74) is 3.08. The Kier molecular flexibility index (Phi) is 5.49. The van der Waals surface area contributed by atoms with Gasteiger partial charge in [0.1, 0.15) is 17.2 Å². The smallest absolute Gasteiger partial charge is 0.269 e. The summed E-state index contributed by atoms with van der Waals surface area (Å²) < 4.78 is 5.16. The van der Waals surface area contributed by atoms with Gasteiger partial charge < -0.3 is 15.2 Å². The van der Waals surface area contributed by atoms with Gasteiger partial charge in [0.15, 0.2) is 0 Å². The Morgan fingerprint density at radius 1 is 1.04 bits per heavy atom. The minimum atomic E-state index is -0.209. The molecule has 0 radical (unpaired) electrons. The summed E-state index contributed by atoms with van der Waals surface area (Å²) in [4.78, 5) is 16.8. The van der Waals surface area contributed by atoms with Crippen LogP contribution >= 0.6 is 0 Å². The van der Waals surface area contributed by atoms with E-state index in [2.05, 4.69) is 10.3 Å². The number of hydrogen-bond acceptors (Lipinski definition) is 4. The molecule has 1 heterocycles. The number of phenolic OH excluding ortho intramolecular Hbond substituents is 1. The maximum Gasteiger partial charge on any atom is 0.269 e. The molecule has 0 aliphatic heterocycles. The van der Waals surface area contributed by atoms with Gasteiger partial charge in [-0.25, -0.2) is 4.98 Å². The zero-order chi connectivity index (χ0) is 18.4. The maximum absolute atomic E-state index is 12.3. The Hall–Kier alpha value is -3.34. The summed E-state index contributed by atoms with van der Waals surface area (Å²) in [6.07, 6.45) is 0.685. The van der Waals surface area contributed by atoms with E-state index >= 15 is 0 Å². The fraction of sp³-hybridized carbons (Fsp3) is 0.143. The van der Waals surface area contributed by atoms with Gasteiger partial charge in [-0.3, -0.25) is 4.79 Å². The fourth-order valence-electron chi connectivity index (χ4n) is 2.56. The molecule has 0 bridgehead atoms. The van der Waals surface area contributed by atoms with E-state index in [0.717, 1.165) is 22.6 Å². The van der Waals surface area contributed by atoms with E-state index < -0.39 is 0 Å². The number of benzene rings is 2. The van der Waals surface area contributed by atoms with Gasteiger partial charge in [0.25, 0.3) is 5.91 Å². The first-order chi connectivity index (χ1) is 12.7. The van der Waals surface area contributed by atoms with Crippen molar-refractivity contribution in [3.63, 3.8) is 0 Å². The Balaban J connectivity index is 1.63. The van der Waals surface area contributed by atoms with Crippen LogP contribution in [0.2, 0.25) is 0 Å². The Morgan fingerprint density at radius 2 is 1.77 bits per heavy atom. The molecule has 0 saturated carbocycles. The highest BCUT2D eigenvalue weighted by atomic mass is 16.5. The molecule has 0 aliphatic carbocycles. The summed E-state index contributed by atoms with van der Waals surface area (Å²) in [5, 5.41) is 12.2. The molecule has 1 aromatic heterocycles. The molecular weight excluding hydrogens is 328 g/mol. The predicted molar refractivity (Wildman–Crippen MR) is 100 cm³/mol. The highest BCUT2D eigenvalue weighted by Crippen LogP contribution is 2.20. The number of nitrogens with zero attached hydrogens (tertiary/aromatic N) is 1. The van der Waals surface area contributed by atoms with E-state index in [1.807, 2.05) is 48.5 Å². The largest absolute Gasteiger partial charge is 0.508 e. The van der Waals surface area contributed by atoms with Crippen LogP contribution in [0.25, 0.3) is 11.3 Å². The number of ether oxygens (including phenoxy) is 1. The number of pyridine rings is 1. The molecule has 0 spiro atoms. The molecule has 0 fully saturated rings. The maximum atomic E-state index is 12.3. The number of aromatic hydroxyl groups is 1. The Bertz CT molecular complexity index is 875. The SMILES string of the molecule is COc1ccc(-c2cccc(C(=O)NCCc3ccc(O)cc3)n2)cc1. The molecule has 5 heteroatoms. The Morgan fingerprint density at radius 3 is 2.46 bits per heavy atom. The number of rotatable bonds is 6. The number of nitrogens with one attached hydrogen (secondary N) is 1. The molecule has 0 atom stereocenters. The van der Waals surface area contributed by atoms with Crippen LogP contribution in [0.15, 0.2) is 66.7 Å². The molecular formula is C21H20N2O3. The average molecular weight is 348 g/mol. The van der Waals surface area contributed by atoms with E-state index in [1.165, 1.54) is 0 Å². The third kappa shape index (κ3) is 4.39. The first kappa shape index (κ1) is 17.5. The second kappa shape index (κ2) is 8.16. The Labute approximate surface area is 152 Å². The number of hydrogen-bond donors (Lipinski definition) is 2. The van der Waals surface area contributed by atoms with E-state index in [4.69, 9.17) is 4.74 Å². The van der Waals surface area contributed by atoms with E-state index in [1.54, 1.807) is 25.3 Å². The minimum absolute atomic E-state index is 0.209. The molecule has 3 aromatic rings. The number of phenols is 1. The van der Waals surface area contributed by atoms with Gasteiger partial charge in [0.05, 0.1) is 12.8 Å². The molecule has 5 nitrogen and oxygen atoms in total. The highest BCUT2D eigenvalue weighted by molar-refractivity contribution is 5.92. The van der Waals surface area contributed by atoms with Gasteiger partial charge in [0, 0.05) is 12.1 Å². The monoisotopic (exact) mass is 348 g/mol. The van der Waals surface area contributed by atoms with Crippen LogP contribution in [0.3, 0.4) is 0 Å². The van der Waals surface area contributed by atoms with Crippen LogP contribution in [-0.2, 0) is 6.42 Å². The van der Waals surface area contributed by atoms with Crippen LogP contribution < -0.4 is 10.1 Å². The van der Waals surface area contributed by atoms with Crippen LogP contribution in [0, 0.1) is 0 Å². The number of carbonyl (C=O) groups is 1. The van der Waals surface area contributed by atoms with Crippen molar-refractivity contribution in [3.05, 3.63) is 78.0 Å². The van der Waals surface area contributed by atoms with E-state index in [9.17, 15) is 9.90 Å². The number of carbonyl (C=O) groups excluding carboxylic acids is 1. The fourth-order valence-corrected chi connectivity index (χ4v) is 2.56. The van der Waals surface area contributed by atoms with Crippen molar-refractivity contribution >= 4 is 5.91 Å². The molecule has 26 heavy (non-hydrogen) atoms. The van der Waals surface area contributed by atoms with Gasteiger partial charge in [-0.1, -0.05) is 18.2 Å². The lowest BCUT2D eigenvalue weighted by Gasteiger charge is -2.07. The van der Waals surface area contributed by atoms with Gasteiger partial charge in [-0.2, -0.15) is 0 Å². The van der Waals surface area contributed by atoms with Crippen LogP contribution in [-0.4, -0.2) is 29.7 Å². The first-order valence-electron chi connectivity index (χ1n) is 8.33. The van der Waals surface area contributed by atoms with Crippen molar-refractivity contribution in [2.24, 2.45) is 0 Å². The van der Waals surface area contributed by atoms with Crippen molar-refractivity contribution in [1.82, 2.24) is 10.3 Å². The highest BCUT2D eigenvalue weighted by Gasteiger charge is 2.09. The quantitative estimate of drug-likeness (QED) is 0.716. The second-order valence-electron chi connectivity index (χ2n) is 5.81. The second-order valence-corrected chi connectivity index (χ2v) is 5.81. The molecule has 1 amide bonds. The standard InChI is InChI=1S/C21H20N2O3/c1-26-18-11-7-16(8-12-18)19-3-2-4-20(23-19)21(25)22-14-13-15-5-9-17(24)10-6-15/h2-12,24H,13-14H2,1H3,(H,22,25). The van der Waals surface area contributed by atoms with Crippen molar-refractivity contribution in [3.8, 4) is 22.8 Å². The normalized spacial score (nSPS) is 10.3. The van der Waals surface area contributed by atoms with Crippen molar-refractivity contribution < 1.29 is 14.6 Å². The predicted octanol–water partition coefficient (Wildman–Crippen LogP) is 3.44. The van der Waals surface area contributed by atoms with Crippen molar-refractivity contribution in [1.29, 1.82) is 0 Å². The molecule has 3 rings (SSSR count). The van der Waals surface area contributed by atoms with Gasteiger partial charge in [0.2, 0.25) is 0 Å². The first-order valence-corrected chi connectivity index (χ1v) is 8.33. The molecule has 0 aliphatic rings. The number of aromatic nitrogens is 1. The van der Waals surface area contributed by atoms with E-state index in [-0.39, 0.29) is 11.7 Å². The lowest BCUT2D eigenvalue weighted by Crippen LogP contribution is -2.26. The lowest BCUT2D eigenvalue weighted by atomic mass is 10.1. The topological polar surface area (TPSA) is 71.5 Å². The summed E-state index contributed by atoms with van der Waals surface area (Å²) in [5.74, 6) is 0.799. The summed E-state index contributed by atoms with van der Waals surface area (Å²) >= 11 is 0. The van der Waals surface area contributed by atoms with Crippen LogP contribution in [0.4, 0.5) is 0 Å². The molecule has 132 valence electrons. The third-order valence-electron chi connectivity index (χ3n) is 4.00. The summed E-state index contributed by atoms with van der Waals surface area (Å²) in [7, 11) is 1.62. The zero-order valence-electron chi connectivity index (χ0n) is 14.5. The average Bonchev–Trinajstić information content (AvgIpc) is 2.69. The molecule has 0 saturated heterocycles. The molecule has 2 N–H and O–H groups in total. The van der Waals surface area contributed by atoms with Gasteiger partial charge in [-0.05, 0) is 60.5 Å². The van der Waals surface area contributed by atoms with Crippen molar-refractivity contribution in [2.75, 3.05) is 13.7 Å². The lowest BCUT2D eigenvalue weighted by molar-refractivity contribution is 0.0949. The minimum Gasteiger partial charge on any atom is -0.508 e. The third-order valence-corrected chi connectivity index (χ3v) is 4.00. The molecule has 2 aromatic carbocycles. The van der Waals surface area contributed by atoms with Gasteiger partial charge in [-0.15, -0.1) is 0 Å². The van der Waals surface area contributed by atoms with Crippen LogP contribution in [0.1, 0.15) is 16.1 Å². The van der Waals surface area contributed by atoms with Crippen molar-refractivity contribution in [2.45, 2.75) is 6.42 Å². The number of amides is 1. The summed E-state index contributed by atoms with van der Waals surface area (Å²) in [6.45, 7) is 0.498. The number of methoxy groups -OCH3 is 1. The van der Waals surface area contributed by atoms with E-state index in [0.29, 0.717) is 18.7 Å². The van der Waals surface area contributed by atoms with Gasteiger partial charge >= 0.3 is 0 Å². The summed E-state index contributed by atoms with van der Waals surface area (Å²) in [6, 6.07) is 19.9. The van der Waals surface area contributed by atoms with Crippen LogP contribution in [0.5, 0.6) is 11.5 Å².